The fraction of sp³-hybridized carbons (Fsp3) is 0.357. The first kappa shape index (κ1) is 13.3. The molecule has 0 aliphatic rings. The molecule has 2 aromatic rings. The van der Waals surface area contributed by atoms with E-state index >= 15 is 0 Å². The number of nitrogens with one attached hydrogen (secondary N) is 1. The van der Waals surface area contributed by atoms with Crippen molar-refractivity contribution in [3.05, 3.63) is 42.6 Å². The third kappa shape index (κ3) is 3.19. The van der Waals surface area contributed by atoms with Crippen molar-refractivity contribution in [2.24, 2.45) is 0 Å². The van der Waals surface area contributed by atoms with Crippen molar-refractivity contribution in [3.63, 3.8) is 0 Å². The number of rotatable bonds is 4. The summed E-state index contributed by atoms with van der Waals surface area (Å²) >= 11 is 0. The van der Waals surface area contributed by atoms with Gasteiger partial charge in [-0.05, 0) is 32.4 Å². The SMILES string of the molecule is CCC(C)(C)NC(=O)c1ccnc(-n2ccnc2)c1. The Bertz CT molecular complexity index is 561. The highest BCUT2D eigenvalue weighted by Gasteiger charge is 2.19. The third-order valence-electron chi connectivity index (χ3n) is 3.11. The van der Waals surface area contributed by atoms with Gasteiger partial charge in [0.15, 0.2) is 0 Å². The largest absolute Gasteiger partial charge is 0.347 e. The lowest BCUT2D eigenvalue weighted by Crippen LogP contribution is -2.42. The quantitative estimate of drug-likeness (QED) is 0.914. The van der Waals surface area contributed by atoms with Crippen LogP contribution in [0.3, 0.4) is 0 Å². The van der Waals surface area contributed by atoms with Crippen LogP contribution >= 0.6 is 0 Å². The van der Waals surface area contributed by atoms with Crippen LogP contribution in [0.15, 0.2) is 37.1 Å². The highest BCUT2D eigenvalue weighted by molar-refractivity contribution is 5.94. The first-order valence-electron chi connectivity index (χ1n) is 6.29. The molecule has 0 bridgehead atoms. The molecule has 0 unspecified atom stereocenters. The Morgan fingerprint density at radius 3 is 2.84 bits per heavy atom. The molecule has 5 heteroatoms. The molecule has 0 saturated heterocycles. The Kier molecular flexibility index (Phi) is 3.64. The summed E-state index contributed by atoms with van der Waals surface area (Å²) < 4.78 is 1.77. The van der Waals surface area contributed by atoms with Crippen molar-refractivity contribution in [3.8, 4) is 5.82 Å². The second-order valence-electron chi connectivity index (χ2n) is 5.06. The Hall–Kier alpha value is -2.17. The highest BCUT2D eigenvalue weighted by Crippen LogP contribution is 2.11. The van der Waals surface area contributed by atoms with Crippen LogP contribution in [0.1, 0.15) is 37.6 Å². The molecule has 0 saturated carbocycles. The van der Waals surface area contributed by atoms with E-state index in [9.17, 15) is 4.79 Å². The van der Waals surface area contributed by atoms with Gasteiger partial charge in [0.25, 0.3) is 5.91 Å². The molecule has 0 aliphatic carbocycles. The minimum absolute atomic E-state index is 0.0874. The van der Waals surface area contributed by atoms with E-state index in [1.54, 1.807) is 41.6 Å². The van der Waals surface area contributed by atoms with Gasteiger partial charge in [-0.25, -0.2) is 9.97 Å². The molecule has 19 heavy (non-hydrogen) atoms. The number of amides is 1. The topological polar surface area (TPSA) is 59.8 Å². The van der Waals surface area contributed by atoms with Crippen LogP contribution in [0.4, 0.5) is 0 Å². The zero-order chi connectivity index (χ0) is 13.9. The van der Waals surface area contributed by atoms with Gasteiger partial charge in [0, 0.05) is 29.7 Å². The Morgan fingerprint density at radius 1 is 1.42 bits per heavy atom. The summed E-state index contributed by atoms with van der Waals surface area (Å²) in [4.78, 5) is 20.4. The second-order valence-corrected chi connectivity index (χ2v) is 5.06. The number of pyridine rings is 1. The minimum atomic E-state index is -0.213. The molecule has 1 amide bonds. The van der Waals surface area contributed by atoms with E-state index < -0.39 is 0 Å². The zero-order valence-corrected chi connectivity index (χ0v) is 11.4. The third-order valence-corrected chi connectivity index (χ3v) is 3.11. The molecule has 0 fully saturated rings. The number of aromatic nitrogens is 3. The molecule has 5 nitrogen and oxygen atoms in total. The van der Waals surface area contributed by atoms with E-state index in [2.05, 4.69) is 15.3 Å². The van der Waals surface area contributed by atoms with Gasteiger partial charge in [-0.2, -0.15) is 0 Å². The van der Waals surface area contributed by atoms with E-state index in [-0.39, 0.29) is 11.4 Å². The molecular formula is C14H18N4O. The first-order chi connectivity index (χ1) is 9.02. The number of carbonyl (C=O) groups is 1. The van der Waals surface area contributed by atoms with Gasteiger partial charge in [-0.15, -0.1) is 0 Å². The zero-order valence-electron chi connectivity index (χ0n) is 11.4. The van der Waals surface area contributed by atoms with Crippen LogP contribution in [-0.4, -0.2) is 26.0 Å². The molecule has 2 aromatic heterocycles. The summed E-state index contributed by atoms with van der Waals surface area (Å²) in [6, 6.07) is 3.46. The van der Waals surface area contributed by atoms with Gasteiger partial charge in [-0.3, -0.25) is 9.36 Å². The van der Waals surface area contributed by atoms with Crippen LogP contribution in [-0.2, 0) is 0 Å². The summed E-state index contributed by atoms with van der Waals surface area (Å²) in [6.07, 6.45) is 7.62. The number of carbonyl (C=O) groups excluding carboxylic acids is 1. The summed E-state index contributed by atoms with van der Waals surface area (Å²) in [5, 5.41) is 3.00. The van der Waals surface area contributed by atoms with Gasteiger partial charge in [0.2, 0.25) is 0 Å². The maximum Gasteiger partial charge on any atom is 0.251 e. The maximum absolute atomic E-state index is 12.2. The molecule has 0 aliphatic heterocycles. The van der Waals surface area contributed by atoms with E-state index in [1.807, 2.05) is 20.8 Å². The molecule has 2 heterocycles. The standard InChI is InChI=1S/C14H18N4O/c1-4-14(2,3)17-13(19)11-5-6-16-12(9-11)18-8-7-15-10-18/h5-10H,4H2,1-3H3,(H,17,19). The van der Waals surface area contributed by atoms with E-state index in [0.717, 1.165) is 6.42 Å². The summed E-state index contributed by atoms with van der Waals surface area (Å²) in [5.41, 5.74) is 0.385. The number of hydrogen-bond acceptors (Lipinski definition) is 3. The molecule has 0 atom stereocenters. The van der Waals surface area contributed by atoms with Crippen LogP contribution in [0.25, 0.3) is 5.82 Å². The second kappa shape index (κ2) is 5.22. The van der Waals surface area contributed by atoms with Gasteiger partial charge in [0.1, 0.15) is 12.1 Å². The Morgan fingerprint density at radius 2 is 2.21 bits per heavy atom. The van der Waals surface area contributed by atoms with Crippen molar-refractivity contribution >= 4 is 5.91 Å². The maximum atomic E-state index is 12.2. The van der Waals surface area contributed by atoms with E-state index in [4.69, 9.17) is 0 Å². The summed E-state index contributed by atoms with van der Waals surface area (Å²) in [6.45, 7) is 6.05. The van der Waals surface area contributed by atoms with Crippen LogP contribution in [0.2, 0.25) is 0 Å². The van der Waals surface area contributed by atoms with Crippen LogP contribution < -0.4 is 5.32 Å². The Balaban J connectivity index is 2.22. The molecule has 2 rings (SSSR count). The molecule has 0 spiro atoms. The average molecular weight is 258 g/mol. The molecule has 0 radical (unpaired) electrons. The smallest absolute Gasteiger partial charge is 0.251 e. The number of hydrogen-bond donors (Lipinski definition) is 1. The highest BCUT2D eigenvalue weighted by atomic mass is 16.1. The van der Waals surface area contributed by atoms with Crippen molar-refractivity contribution in [2.75, 3.05) is 0 Å². The van der Waals surface area contributed by atoms with E-state index in [0.29, 0.717) is 11.4 Å². The van der Waals surface area contributed by atoms with E-state index in [1.165, 1.54) is 0 Å². The van der Waals surface area contributed by atoms with Crippen LogP contribution in [0.5, 0.6) is 0 Å². The lowest BCUT2D eigenvalue weighted by atomic mass is 10.0. The lowest BCUT2D eigenvalue weighted by Gasteiger charge is -2.24. The first-order valence-corrected chi connectivity index (χ1v) is 6.29. The molecular weight excluding hydrogens is 240 g/mol. The normalized spacial score (nSPS) is 11.3. The minimum Gasteiger partial charge on any atom is -0.347 e. The number of imidazole rings is 1. The predicted molar refractivity (Wildman–Crippen MR) is 73.2 cm³/mol. The van der Waals surface area contributed by atoms with Gasteiger partial charge in [0.05, 0.1) is 0 Å². The lowest BCUT2D eigenvalue weighted by molar-refractivity contribution is 0.0911. The van der Waals surface area contributed by atoms with Crippen LogP contribution in [0, 0.1) is 0 Å². The van der Waals surface area contributed by atoms with Crippen molar-refractivity contribution in [1.29, 1.82) is 0 Å². The fourth-order valence-corrected chi connectivity index (χ4v) is 1.56. The summed E-state index contributed by atoms with van der Waals surface area (Å²) in [5.74, 6) is 0.593. The van der Waals surface area contributed by atoms with Gasteiger partial charge in [-0.1, -0.05) is 6.92 Å². The molecule has 0 aromatic carbocycles. The van der Waals surface area contributed by atoms with Crippen molar-refractivity contribution < 1.29 is 4.79 Å². The Labute approximate surface area is 112 Å². The molecule has 100 valence electrons. The molecule has 1 N–H and O–H groups in total. The van der Waals surface area contributed by atoms with Crippen molar-refractivity contribution in [1.82, 2.24) is 19.9 Å². The monoisotopic (exact) mass is 258 g/mol. The average Bonchev–Trinajstić information content (AvgIpc) is 2.92. The van der Waals surface area contributed by atoms with Crippen molar-refractivity contribution in [2.45, 2.75) is 32.7 Å². The van der Waals surface area contributed by atoms with Gasteiger partial charge >= 0.3 is 0 Å². The fourth-order valence-electron chi connectivity index (χ4n) is 1.56. The predicted octanol–water partition coefficient (Wildman–Crippen LogP) is 2.19. The number of nitrogens with zero attached hydrogens (tertiary/aromatic N) is 3. The van der Waals surface area contributed by atoms with Gasteiger partial charge < -0.3 is 5.32 Å². The summed E-state index contributed by atoms with van der Waals surface area (Å²) in [7, 11) is 0.